The van der Waals surface area contributed by atoms with Crippen LogP contribution in [-0.2, 0) is 7.05 Å². The smallest absolute Gasteiger partial charge is 0.272 e. The van der Waals surface area contributed by atoms with Gasteiger partial charge in [0, 0.05) is 26.2 Å². The molecule has 1 N–H and O–H groups in total. The van der Waals surface area contributed by atoms with E-state index in [9.17, 15) is 4.79 Å². The lowest BCUT2D eigenvalue weighted by molar-refractivity contribution is 0.101. The maximum atomic E-state index is 12.4. The Kier molecular flexibility index (Phi) is 4.71. The molecule has 21 heavy (non-hydrogen) atoms. The monoisotopic (exact) mass is 345 g/mol. The van der Waals surface area contributed by atoms with Crippen LogP contribution in [-0.4, -0.2) is 24.6 Å². The van der Waals surface area contributed by atoms with Crippen molar-refractivity contribution in [3.8, 4) is 0 Å². The molecule has 0 saturated carbocycles. The van der Waals surface area contributed by atoms with Crippen LogP contribution in [0.3, 0.4) is 0 Å². The average molecular weight is 347 g/mol. The lowest BCUT2D eigenvalue weighted by Gasteiger charge is -2.18. The minimum Gasteiger partial charge on any atom is -0.376 e. The van der Waals surface area contributed by atoms with Crippen LogP contribution in [0.4, 0.5) is 11.4 Å². The van der Waals surface area contributed by atoms with Crippen LogP contribution < -0.4 is 10.2 Å². The minimum absolute atomic E-state index is 0.309. The lowest BCUT2D eigenvalue weighted by atomic mass is 10.2. The van der Waals surface area contributed by atoms with Gasteiger partial charge in [0.1, 0.15) is 10.8 Å². The van der Waals surface area contributed by atoms with Crippen molar-refractivity contribution in [2.45, 2.75) is 0 Å². The molecule has 0 spiro atoms. The molecule has 0 radical (unpaired) electrons. The number of hydrogen-bond acceptors (Lipinski definition) is 2. The zero-order valence-corrected chi connectivity index (χ0v) is 14.0. The summed E-state index contributed by atoms with van der Waals surface area (Å²) >= 11 is 17.9. The molecule has 7 heteroatoms. The Bertz CT molecular complexity index is 695. The van der Waals surface area contributed by atoms with Crippen molar-refractivity contribution < 1.29 is 4.79 Å². The first kappa shape index (κ1) is 16.0. The maximum absolute atomic E-state index is 12.4. The van der Waals surface area contributed by atoms with Gasteiger partial charge in [0.05, 0.1) is 16.4 Å². The van der Waals surface area contributed by atoms with Crippen molar-refractivity contribution in [1.82, 2.24) is 4.57 Å². The zero-order valence-electron chi connectivity index (χ0n) is 11.7. The zero-order chi connectivity index (χ0) is 15.7. The summed E-state index contributed by atoms with van der Waals surface area (Å²) in [7, 11) is 5.44. The molecular formula is C14H14Cl3N3O. The average Bonchev–Trinajstić information content (AvgIpc) is 2.66. The molecule has 2 rings (SSSR count). The summed E-state index contributed by atoms with van der Waals surface area (Å²) in [6.45, 7) is 0. The predicted octanol–water partition coefficient (Wildman–Crippen LogP) is 4.30. The third kappa shape index (κ3) is 3.28. The van der Waals surface area contributed by atoms with Crippen LogP contribution in [0, 0.1) is 0 Å². The predicted molar refractivity (Wildman–Crippen MR) is 89.2 cm³/mol. The van der Waals surface area contributed by atoms with E-state index in [1.54, 1.807) is 19.2 Å². The van der Waals surface area contributed by atoms with Gasteiger partial charge in [-0.1, -0.05) is 34.8 Å². The molecule has 4 nitrogen and oxygen atoms in total. The molecule has 0 aliphatic carbocycles. The highest BCUT2D eigenvalue weighted by Gasteiger charge is 2.17. The van der Waals surface area contributed by atoms with Crippen molar-refractivity contribution in [3.63, 3.8) is 0 Å². The molecule has 0 bridgehead atoms. The molecule has 1 aromatic carbocycles. The number of amides is 1. The Balaban J connectivity index is 2.35. The van der Waals surface area contributed by atoms with Crippen molar-refractivity contribution in [2.24, 2.45) is 7.05 Å². The van der Waals surface area contributed by atoms with Gasteiger partial charge < -0.3 is 14.8 Å². The largest absolute Gasteiger partial charge is 0.376 e. The van der Waals surface area contributed by atoms with Crippen molar-refractivity contribution in [3.05, 3.63) is 45.2 Å². The second-order valence-electron chi connectivity index (χ2n) is 4.74. The SMILES string of the molecule is CN(C)c1ccc(Cl)cc1NC(=O)c1cc(Cl)c(Cl)n1C. The Morgan fingerprint density at radius 3 is 2.38 bits per heavy atom. The second-order valence-corrected chi connectivity index (χ2v) is 5.94. The van der Waals surface area contributed by atoms with E-state index in [2.05, 4.69) is 5.32 Å². The molecule has 0 aliphatic rings. The van der Waals surface area contributed by atoms with Gasteiger partial charge >= 0.3 is 0 Å². The summed E-state index contributed by atoms with van der Waals surface area (Å²) in [5, 5.41) is 4.02. The van der Waals surface area contributed by atoms with E-state index in [1.807, 2.05) is 25.1 Å². The van der Waals surface area contributed by atoms with E-state index in [0.29, 0.717) is 26.6 Å². The fourth-order valence-corrected chi connectivity index (χ4v) is 2.49. The van der Waals surface area contributed by atoms with Gasteiger partial charge in [-0.05, 0) is 24.3 Å². The van der Waals surface area contributed by atoms with E-state index in [0.717, 1.165) is 5.69 Å². The van der Waals surface area contributed by atoms with Gasteiger partial charge in [-0.25, -0.2) is 0 Å². The molecule has 0 fully saturated rings. The van der Waals surface area contributed by atoms with Gasteiger partial charge in [0.25, 0.3) is 5.91 Å². The number of halogens is 3. The van der Waals surface area contributed by atoms with E-state index < -0.39 is 0 Å². The van der Waals surface area contributed by atoms with E-state index >= 15 is 0 Å². The fourth-order valence-electron chi connectivity index (χ4n) is 1.94. The Hall–Kier alpha value is -1.36. The highest BCUT2D eigenvalue weighted by Crippen LogP contribution is 2.30. The lowest BCUT2D eigenvalue weighted by Crippen LogP contribution is -2.18. The van der Waals surface area contributed by atoms with Crippen LogP contribution in [0.15, 0.2) is 24.3 Å². The molecule has 1 aromatic heterocycles. The summed E-state index contributed by atoms with van der Waals surface area (Å²) in [4.78, 5) is 14.3. The first-order valence-corrected chi connectivity index (χ1v) is 7.23. The van der Waals surface area contributed by atoms with E-state index in [1.165, 1.54) is 10.6 Å². The molecule has 2 aromatic rings. The van der Waals surface area contributed by atoms with Crippen molar-refractivity contribution >= 4 is 52.1 Å². The number of rotatable bonds is 3. The summed E-state index contributed by atoms with van der Waals surface area (Å²) in [5.74, 6) is -0.309. The summed E-state index contributed by atoms with van der Waals surface area (Å²) in [6, 6.07) is 6.83. The maximum Gasteiger partial charge on any atom is 0.272 e. The summed E-state index contributed by atoms with van der Waals surface area (Å²) < 4.78 is 1.53. The number of carbonyl (C=O) groups excluding carboxylic acids is 1. The molecular weight excluding hydrogens is 333 g/mol. The Morgan fingerprint density at radius 1 is 1.19 bits per heavy atom. The highest BCUT2D eigenvalue weighted by molar-refractivity contribution is 6.42. The molecule has 112 valence electrons. The van der Waals surface area contributed by atoms with Gasteiger partial charge in [0.2, 0.25) is 0 Å². The number of hydrogen-bond donors (Lipinski definition) is 1. The van der Waals surface area contributed by atoms with Crippen LogP contribution in [0.2, 0.25) is 15.2 Å². The van der Waals surface area contributed by atoms with Gasteiger partial charge in [-0.2, -0.15) is 0 Å². The quantitative estimate of drug-likeness (QED) is 0.899. The topological polar surface area (TPSA) is 37.3 Å². The highest BCUT2D eigenvalue weighted by atomic mass is 35.5. The Morgan fingerprint density at radius 2 is 1.86 bits per heavy atom. The third-order valence-corrected chi connectivity index (χ3v) is 4.11. The standard InChI is InChI=1S/C14H14Cl3N3O/c1-19(2)11-5-4-8(15)6-10(11)18-14(21)12-7-9(16)13(17)20(12)3/h4-7H,1-3H3,(H,18,21). The van der Waals surface area contributed by atoms with Crippen molar-refractivity contribution in [1.29, 1.82) is 0 Å². The van der Waals surface area contributed by atoms with Gasteiger partial charge in [-0.3, -0.25) is 4.79 Å². The number of nitrogens with one attached hydrogen (secondary N) is 1. The Labute approximate surface area is 138 Å². The number of nitrogens with zero attached hydrogens (tertiary/aromatic N) is 2. The van der Waals surface area contributed by atoms with Crippen LogP contribution in [0.5, 0.6) is 0 Å². The minimum atomic E-state index is -0.309. The summed E-state index contributed by atoms with van der Waals surface area (Å²) in [5.41, 5.74) is 1.83. The molecule has 0 atom stereocenters. The van der Waals surface area contributed by atoms with Crippen LogP contribution >= 0.6 is 34.8 Å². The molecule has 0 aliphatic heterocycles. The summed E-state index contributed by atoms with van der Waals surface area (Å²) in [6.07, 6.45) is 0. The molecule has 1 amide bonds. The number of anilines is 2. The number of carbonyl (C=O) groups is 1. The molecule has 1 heterocycles. The molecule has 0 unspecified atom stereocenters. The van der Waals surface area contributed by atoms with Gasteiger partial charge in [0.15, 0.2) is 0 Å². The van der Waals surface area contributed by atoms with Gasteiger partial charge in [-0.15, -0.1) is 0 Å². The second kappa shape index (κ2) is 6.18. The number of benzene rings is 1. The molecule has 0 saturated heterocycles. The first-order chi connectivity index (χ1) is 9.81. The first-order valence-electron chi connectivity index (χ1n) is 6.10. The normalized spacial score (nSPS) is 10.6. The van der Waals surface area contributed by atoms with E-state index in [-0.39, 0.29) is 5.91 Å². The van der Waals surface area contributed by atoms with Crippen LogP contribution in [0.25, 0.3) is 0 Å². The fraction of sp³-hybridized carbons (Fsp3) is 0.214. The van der Waals surface area contributed by atoms with Crippen molar-refractivity contribution in [2.75, 3.05) is 24.3 Å². The van der Waals surface area contributed by atoms with E-state index in [4.69, 9.17) is 34.8 Å². The van der Waals surface area contributed by atoms with Crippen LogP contribution in [0.1, 0.15) is 10.5 Å². The number of aromatic nitrogens is 1. The third-order valence-electron chi connectivity index (χ3n) is 3.04.